The first-order chi connectivity index (χ1) is 14.3. The highest BCUT2D eigenvalue weighted by Crippen LogP contribution is 2.33. The summed E-state index contributed by atoms with van der Waals surface area (Å²) in [5, 5.41) is 0.511. The van der Waals surface area contributed by atoms with Crippen LogP contribution in [-0.4, -0.2) is 14.7 Å². The zero-order chi connectivity index (χ0) is 21.5. The molecule has 0 saturated carbocycles. The first kappa shape index (κ1) is 20.1. The fourth-order valence-corrected chi connectivity index (χ4v) is 4.13. The quantitative estimate of drug-likeness (QED) is 0.429. The van der Waals surface area contributed by atoms with Crippen LogP contribution in [0.25, 0.3) is 33.4 Å². The van der Waals surface area contributed by atoms with Crippen LogP contribution in [0.5, 0.6) is 0 Å². The Labute approximate surface area is 175 Å². The van der Waals surface area contributed by atoms with Crippen LogP contribution in [0.3, 0.4) is 0 Å². The average molecular weight is 419 g/mol. The number of hydrogen-bond acceptors (Lipinski definition) is 4. The first-order valence-electron chi connectivity index (χ1n) is 9.72. The molecule has 0 N–H and O–H groups in total. The SMILES string of the molecule is CC(C)c1ccc(-c2c(-c3ccc(S(C)(=O)=O)cc3)oc3ccccc3c2=O)cc1. The maximum Gasteiger partial charge on any atom is 0.201 e. The van der Waals surface area contributed by atoms with Gasteiger partial charge in [-0.1, -0.05) is 50.2 Å². The summed E-state index contributed by atoms with van der Waals surface area (Å²) in [6.07, 6.45) is 1.17. The summed E-state index contributed by atoms with van der Waals surface area (Å²) in [4.78, 5) is 13.6. The highest BCUT2D eigenvalue weighted by atomic mass is 32.2. The predicted octanol–water partition coefficient (Wildman–Crippen LogP) is 5.65. The third-order valence-corrected chi connectivity index (χ3v) is 6.34. The van der Waals surface area contributed by atoms with E-state index >= 15 is 0 Å². The van der Waals surface area contributed by atoms with Crippen LogP contribution < -0.4 is 5.43 Å². The van der Waals surface area contributed by atoms with Crippen molar-refractivity contribution in [2.24, 2.45) is 0 Å². The van der Waals surface area contributed by atoms with E-state index in [1.807, 2.05) is 36.4 Å². The van der Waals surface area contributed by atoms with E-state index in [1.165, 1.54) is 24.0 Å². The van der Waals surface area contributed by atoms with Crippen LogP contribution in [0, 0.1) is 0 Å². The molecule has 0 radical (unpaired) electrons. The van der Waals surface area contributed by atoms with Crippen LogP contribution >= 0.6 is 0 Å². The van der Waals surface area contributed by atoms with Crippen molar-refractivity contribution in [1.29, 1.82) is 0 Å². The molecule has 0 saturated heterocycles. The lowest BCUT2D eigenvalue weighted by Crippen LogP contribution is -2.07. The Bertz CT molecular complexity index is 1380. The summed E-state index contributed by atoms with van der Waals surface area (Å²) < 4.78 is 29.8. The zero-order valence-electron chi connectivity index (χ0n) is 17.0. The molecule has 1 aromatic heterocycles. The van der Waals surface area contributed by atoms with Gasteiger partial charge in [-0.05, 0) is 53.4 Å². The fourth-order valence-electron chi connectivity index (χ4n) is 3.50. The van der Waals surface area contributed by atoms with E-state index in [0.717, 1.165) is 5.56 Å². The van der Waals surface area contributed by atoms with Crippen LogP contribution in [0.2, 0.25) is 0 Å². The van der Waals surface area contributed by atoms with E-state index in [4.69, 9.17) is 4.42 Å². The third-order valence-electron chi connectivity index (χ3n) is 5.21. The topological polar surface area (TPSA) is 64.3 Å². The molecule has 0 aliphatic carbocycles. The lowest BCUT2D eigenvalue weighted by atomic mass is 9.95. The summed E-state index contributed by atoms with van der Waals surface area (Å²) >= 11 is 0. The molecule has 4 aromatic rings. The Morgan fingerprint density at radius 1 is 0.800 bits per heavy atom. The Balaban J connectivity index is 1.98. The Kier molecular flexibility index (Phi) is 5.08. The predicted molar refractivity (Wildman–Crippen MR) is 121 cm³/mol. The highest BCUT2D eigenvalue weighted by molar-refractivity contribution is 7.90. The monoisotopic (exact) mass is 418 g/mol. The number of rotatable bonds is 4. The van der Waals surface area contributed by atoms with Gasteiger partial charge < -0.3 is 4.42 Å². The van der Waals surface area contributed by atoms with Crippen LogP contribution in [0.4, 0.5) is 0 Å². The molecule has 0 spiro atoms. The lowest BCUT2D eigenvalue weighted by molar-refractivity contribution is 0.601. The normalized spacial score (nSPS) is 11.9. The number of sulfone groups is 1. The molecule has 3 aromatic carbocycles. The van der Waals surface area contributed by atoms with Gasteiger partial charge in [0, 0.05) is 11.8 Å². The molecule has 0 unspecified atom stereocenters. The lowest BCUT2D eigenvalue weighted by Gasteiger charge is -2.12. The average Bonchev–Trinajstić information content (AvgIpc) is 2.73. The van der Waals surface area contributed by atoms with E-state index in [-0.39, 0.29) is 10.3 Å². The van der Waals surface area contributed by atoms with Gasteiger partial charge >= 0.3 is 0 Å². The van der Waals surface area contributed by atoms with E-state index in [9.17, 15) is 13.2 Å². The van der Waals surface area contributed by atoms with Crippen molar-refractivity contribution in [3.05, 3.63) is 88.6 Å². The number of hydrogen-bond donors (Lipinski definition) is 0. The van der Waals surface area contributed by atoms with Crippen molar-refractivity contribution in [3.8, 4) is 22.5 Å². The molecule has 0 amide bonds. The minimum Gasteiger partial charge on any atom is -0.455 e. The maximum atomic E-state index is 13.4. The van der Waals surface area contributed by atoms with E-state index in [0.29, 0.717) is 33.8 Å². The Morgan fingerprint density at radius 2 is 1.40 bits per heavy atom. The Hall–Kier alpha value is -3.18. The van der Waals surface area contributed by atoms with E-state index in [2.05, 4.69) is 13.8 Å². The molecule has 4 rings (SSSR count). The largest absolute Gasteiger partial charge is 0.455 e. The molecule has 5 heteroatoms. The van der Waals surface area contributed by atoms with Crippen LogP contribution in [-0.2, 0) is 9.84 Å². The summed E-state index contributed by atoms with van der Waals surface area (Å²) in [5.41, 5.74) is 3.44. The van der Waals surface area contributed by atoms with Gasteiger partial charge in [0.1, 0.15) is 11.3 Å². The molecule has 0 fully saturated rings. The van der Waals surface area contributed by atoms with Gasteiger partial charge in [0.05, 0.1) is 15.8 Å². The minimum absolute atomic E-state index is 0.115. The Morgan fingerprint density at radius 3 is 2.00 bits per heavy atom. The van der Waals surface area contributed by atoms with Crippen molar-refractivity contribution in [3.63, 3.8) is 0 Å². The standard InChI is InChI=1S/C25H22O4S/c1-16(2)17-8-10-18(11-9-17)23-24(26)21-6-4-5-7-22(21)29-25(23)19-12-14-20(15-13-19)30(3,27)28/h4-16H,1-3H3. The summed E-state index contributed by atoms with van der Waals surface area (Å²) in [7, 11) is -3.31. The second kappa shape index (κ2) is 7.58. The molecule has 0 bridgehead atoms. The van der Waals surface area contributed by atoms with Crippen LogP contribution in [0.1, 0.15) is 25.3 Å². The van der Waals surface area contributed by atoms with Crippen molar-refractivity contribution in [1.82, 2.24) is 0 Å². The number of benzene rings is 3. The minimum atomic E-state index is -3.31. The molecule has 0 aliphatic heterocycles. The highest BCUT2D eigenvalue weighted by Gasteiger charge is 2.18. The van der Waals surface area contributed by atoms with Gasteiger partial charge in [-0.25, -0.2) is 8.42 Å². The van der Waals surface area contributed by atoms with Gasteiger partial charge in [-0.15, -0.1) is 0 Å². The molecular formula is C25H22O4S. The zero-order valence-corrected chi connectivity index (χ0v) is 17.9. The fraction of sp³-hybridized carbons (Fsp3) is 0.160. The van der Waals surface area contributed by atoms with Crippen LogP contribution in [0.15, 0.2) is 86.9 Å². The van der Waals surface area contributed by atoms with Gasteiger partial charge in [0.15, 0.2) is 9.84 Å². The second-order valence-corrected chi connectivity index (χ2v) is 9.72. The smallest absolute Gasteiger partial charge is 0.201 e. The molecule has 1 heterocycles. The third kappa shape index (κ3) is 3.68. The van der Waals surface area contributed by atoms with Gasteiger partial charge in [0.25, 0.3) is 0 Å². The molecule has 0 atom stereocenters. The second-order valence-electron chi connectivity index (χ2n) is 7.70. The van der Waals surface area contributed by atoms with E-state index < -0.39 is 9.84 Å². The van der Waals surface area contributed by atoms with Crippen molar-refractivity contribution in [2.45, 2.75) is 24.7 Å². The van der Waals surface area contributed by atoms with Gasteiger partial charge in [-0.2, -0.15) is 0 Å². The summed E-state index contributed by atoms with van der Waals surface area (Å²) in [6, 6.07) is 21.5. The van der Waals surface area contributed by atoms with E-state index in [1.54, 1.807) is 24.3 Å². The van der Waals surface area contributed by atoms with Crippen molar-refractivity contribution < 1.29 is 12.8 Å². The van der Waals surface area contributed by atoms with Gasteiger partial charge in [0.2, 0.25) is 5.43 Å². The maximum absolute atomic E-state index is 13.4. The summed E-state index contributed by atoms with van der Waals surface area (Å²) in [5.74, 6) is 0.811. The van der Waals surface area contributed by atoms with Gasteiger partial charge in [-0.3, -0.25) is 4.79 Å². The molecule has 0 aliphatic rings. The summed E-state index contributed by atoms with van der Waals surface area (Å²) in [6.45, 7) is 4.24. The molecule has 152 valence electrons. The van der Waals surface area contributed by atoms with Crippen molar-refractivity contribution >= 4 is 20.8 Å². The van der Waals surface area contributed by atoms with Crippen molar-refractivity contribution in [2.75, 3.05) is 6.26 Å². The molecule has 30 heavy (non-hydrogen) atoms. The molecule has 4 nitrogen and oxygen atoms in total. The number of para-hydroxylation sites is 1. The first-order valence-corrected chi connectivity index (χ1v) is 11.6. The molecular weight excluding hydrogens is 396 g/mol. The number of fused-ring (bicyclic) bond motifs is 1.